The van der Waals surface area contributed by atoms with Crippen molar-refractivity contribution in [2.45, 2.75) is 44.6 Å². The number of anilines is 1. The van der Waals surface area contributed by atoms with Crippen molar-refractivity contribution in [1.29, 1.82) is 0 Å². The van der Waals surface area contributed by atoms with Crippen LogP contribution >= 0.6 is 0 Å². The second-order valence-corrected chi connectivity index (χ2v) is 7.28. The number of hydrogen-bond donors (Lipinski definition) is 1. The summed E-state index contributed by atoms with van der Waals surface area (Å²) in [6, 6.07) is -0.0611. The summed E-state index contributed by atoms with van der Waals surface area (Å²) in [4.78, 5) is 8.25. The molecule has 0 amide bonds. The van der Waals surface area contributed by atoms with Gasteiger partial charge in [0.25, 0.3) is 0 Å². The first-order valence-electron chi connectivity index (χ1n) is 7.03. The van der Waals surface area contributed by atoms with E-state index < -0.39 is 10.0 Å². The molecule has 6 nitrogen and oxygen atoms in total. The van der Waals surface area contributed by atoms with Gasteiger partial charge in [-0.1, -0.05) is 0 Å². The molecule has 0 aromatic carbocycles. The predicted molar refractivity (Wildman–Crippen MR) is 77.9 cm³/mol. The van der Waals surface area contributed by atoms with Crippen LogP contribution in [0.15, 0.2) is 17.3 Å². The maximum Gasteiger partial charge on any atom is 0.246 e. The Balaban J connectivity index is 2.21. The van der Waals surface area contributed by atoms with Crippen LogP contribution < -0.4 is 5.32 Å². The number of hydrogen-bond acceptors (Lipinski definition) is 5. The van der Waals surface area contributed by atoms with Gasteiger partial charge in [-0.2, -0.15) is 4.31 Å². The fourth-order valence-corrected chi connectivity index (χ4v) is 3.58. The first-order chi connectivity index (χ1) is 9.45. The lowest BCUT2D eigenvalue weighted by atomic mass is 10.3. The van der Waals surface area contributed by atoms with E-state index in [4.69, 9.17) is 0 Å². The molecule has 1 N–H and O–H groups in total. The van der Waals surface area contributed by atoms with E-state index in [2.05, 4.69) is 15.3 Å². The Morgan fingerprint density at radius 3 is 2.40 bits per heavy atom. The average Bonchev–Trinajstić information content (AvgIpc) is 3.20. The third kappa shape index (κ3) is 3.46. The summed E-state index contributed by atoms with van der Waals surface area (Å²) >= 11 is 0. The van der Waals surface area contributed by atoms with E-state index >= 15 is 0 Å². The monoisotopic (exact) mass is 298 g/mol. The molecule has 0 atom stereocenters. The van der Waals surface area contributed by atoms with Gasteiger partial charge in [-0.15, -0.1) is 0 Å². The van der Waals surface area contributed by atoms with Gasteiger partial charge in [0.2, 0.25) is 16.0 Å². The molecular weight excluding hydrogens is 276 g/mol. The Morgan fingerprint density at radius 2 is 1.95 bits per heavy atom. The maximum absolute atomic E-state index is 12.6. The van der Waals surface area contributed by atoms with E-state index in [0.717, 1.165) is 12.8 Å². The molecule has 1 aromatic rings. The first kappa shape index (κ1) is 15.2. The molecule has 1 saturated carbocycles. The van der Waals surface area contributed by atoms with Crippen LogP contribution in [0.25, 0.3) is 0 Å². The van der Waals surface area contributed by atoms with Crippen LogP contribution in [0, 0.1) is 5.92 Å². The van der Waals surface area contributed by atoms with E-state index in [-0.39, 0.29) is 10.9 Å². The summed E-state index contributed by atoms with van der Waals surface area (Å²) in [6.45, 7) is 7.02. The molecular formula is C13H22N4O2S. The third-order valence-corrected chi connectivity index (χ3v) is 5.28. The standard InChI is InChI=1S/C13H22N4O2S/c1-4-14-13-15-7-12(8-16-13)20(18,19)17(10(2)3)9-11-5-6-11/h7-8,10-11H,4-6,9H2,1-3H3,(H,14,15,16). The van der Waals surface area contributed by atoms with Gasteiger partial charge in [-0.05, 0) is 39.5 Å². The fraction of sp³-hybridized carbons (Fsp3) is 0.692. The molecule has 0 unspecified atom stereocenters. The van der Waals surface area contributed by atoms with Crippen molar-refractivity contribution < 1.29 is 8.42 Å². The van der Waals surface area contributed by atoms with Crippen molar-refractivity contribution in [3.8, 4) is 0 Å². The number of sulfonamides is 1. The number of nitrogens with one attached hydrogen (secondary N) is 1. The SMILES string of the molecule is CCNc1ncc(S(=O)(=O)N(CC2CC2)C(C)C)cn1. The zero-order valence-electron chi connectivity index (χ0n) is 12.2. The molecule has 7 heteroatoms. The second kappa shape index (κ2) is 6.05. The highest BCUT2D eigenvalue weighted by Crippen LogP contribution is 2.32. The highest BCUT2D eigenvalue weighted by atomic mass is 32.2. The van der Waals surface area contributed by atoms with Gasteiger partial charge in [-0.3, -0.25) is 0 Å². The van der Waals surface area contributed by atoms with E-state index in [1.165, 1.54) is 12.4 Å². The van der Waals surface area contributed by atoms with Crippen LogP contribution in [0.4, 0.5) is 5.95 Å². The second-order valence-electron chi connectivity index (χ2n) is 5.38. The first-order valence-corrected chi connectivity index (χ1v) is 8.47. The molecule has 0 bridgehead atoms. The molecule has 0 aliphatic heterocycles. The smallest absolute Gasteiger partial charge is 0.246 e. The van der Waals surface area contributed by atoms with Crippen molar-refractivity contribution >= 4 is 16.0 Å². The molecule has 1 fully saturated rings. The van der Waals surface area contributed by atoms with Crippen molar-refractivity contribution in [3.63, 3.8) is 0 Å². The van der Waals surface area contributed by atoms with Crippen LogP contribution in [-0.2, 0) is 10.0 Å². The molecule has 20 heavy (non-hydrogen) atoms. The summed E-state index contributed by atoms with van der Waals surface area (Å²) < 4.78 is 26.8. The number of aromatic nitrogens is 2. The van der Waals surface area contributed by atoms with Gasteiger partial charge in [0, 0.05) is 19.1 Å². The van der Waals surface area contributed by atoms with E-state index in [1.54, 1.807) is 4.31 Å². The molecule has 1 heterocycles. The normalized spacial score (nSPS) is 15.8. The quantitative estimate of drug-likeness (QED) is 0.829. The Kier molecular flexibility index (Phi) is 4.59. The summed E-state index contributed by atoms with van der Waals surface area (Å²) in [5, 5.41) is 2.95. The molecule has 1 aliphatic carbocycles. The highest BCUT2D eigenvalue weighted by Gasteiger charge is 2.33. The zero-order valence-corrected chi connectivity index (χ0v) is 13.0. The lowest BCUT2D eigenvalue weighted by molar-refractivity contribution is 0.341. The largest absolute Gasteiger partial charge is 0.355 e. The van der Waals surface area contributed by atoms with E-state index in [9.17, 15) is 8.42 Å². The molecule has 0 radical (unpaired) electrons. The van der Waals surface area contributed by atoms with E-state index in [0.29, 0.717) is 25.0 Å². The Labute approximate surface area is 120 Å². The maximum atomic E-state index is 12.6. The van der Waals surface area contributed by atoms with Crippen LogP contribution in [0.3, 0.4) is 0 Å². The minimum Gasteiger partial charge on any atom is -0.355 e. The third-order valence-electron chi connectivity index (χ3n) is 3.28. The molecule has 1 aliphatic rings. The lowest BCUT2D eigenvalue weighted by Crippen LogP contribution is -2.38. The van der Waals surface area contributed by atoms with Gasteiger partial charge >= 0.3 is 0 Å². The lowest BCUT2D eigenvalue weighted by Gasteiger charge is -2.25. The molecule has 0 spiro atoms. The van der Waals surface area contributed by atoms with Gasteiger partial charge < -0.3 is 5.32 Å². The Bertz CT molecular complexity index is 538. The predicted octanol–water partition coefficient (Wildman–Crippen LogP) is 1.72. The fourth-order valence-electron chi connectivity index (χ4n) is 1.98. The summed E-state index contributed by atoms with van der Waals surface area (Å²) in [5.74, 6) is 0.957. The van der Waals surface area contributed by atoms with Gasteiger partial charge in [0.05, 0.1) is 12.4 Å². The molecule has 1 aromatic heterocycles. The van der Waals surface area contributed by atoms with Crippen molar-refractivity contribution in [3.05, 3.63) is 12.4 Å². The summed E-state index contributed by atoms with van der Waals surface area (Å²) in [5.41, 5.74) is 0. The molecule has 0 saturated heterocycles. The van der Waals surface area contributed by atoms with Crippen molar-refractivity contribution in [2.75, 3.05) is 18.4 Å². The van der Waals surface area contributed by atoms with Gasteiger partial charge in [-0.25, -0.2) is 18.4 Å². The van der Waals surface area contributed by atoms with E-state index in [1.807, 2.05) is 20.8 Å². The summed E-state index contributed by atoms with van der Waals surface area (Å²) in [6.07, 6.45) is 4.99. The van der Waals surface area contributed by atoms with Crippen LogP contribution in [-0.4, -0.2) is 41.8 Å². The number of nitrogens with zero attached hydrogens (tertiary/aromatic N) is 3. The van der Waals surface area contributed by atoms with Crippen LogP contribution in [0.2, 0.25) is 0 Å². The molecule has 2 rings (SSSR count). The van der Waals surface area contributed by atoms with Gasteiger partial charge in [0.15, 0.2) is 0 Å². The average molecular weight is 298 g/mol. The van der Waals surface area contributed by atoms with Crippen LogP contribution in [0.5, 0.6) is 0 Å². The zero-order chi connectivity index (χ0) is 14.8. The Hall–Kier alpha value is -1.21. The topological polar surface area (TPSA) is 75.2 Å². The van der Waals surface area contributed by atoms with Crippen LogP contribution in [0.1, 0.15) is 33.6 Å². The van der Waals surface area contributed by atoms with Crippen molar-refractivity contribution in [1.82, 2.24) is 14.3 Å². The van der Waals surface area contributed by atoms with Crippen molar-refractivity contribution in [2.24, 2.45) is 5.92 Å². The highest BCUT2D eigenvalue weighted by molar-refractivity contribution is 7.89. The van der Waals surface area contributed by atoms with Gasteiger partial charge in [0.1, 0.15) is 4.90 Å². The minimum absolute atomic E-state index is 0.0611. The summed E-state index contributed by atoms with van der Waals surface area (Å²) in [7, 11) is -3.51. The molecule has 112 valence electrons. The minimum atomic E-state index is -3.51. The Morgan fingerprint density at radius 1 is 1.35 bits per heavy atom. The number of rotatable bonds is 7.